The van der Waals surface area contributed by atoms with Crippen molar-refractivity contribution in [3.8, 4) is 5.75 Å². The SMILES string of the molecule is Cc1ccc(C(N)=O)c(OCc2cc(Cc3ccccc3)on2)c1. The number of carbonyl (C=O) groups is 1. The maximum Gasteiger partial charge on any atom is 0.252 e. The van der Waals surface area contributed by atoms with E-state index in [4.69, 9.17) is 15.0 Å². The molecule has 122 valence electrons. The van der Waals surface area contributed by atoms with Crippen molar-refractivity contribution in [1.82, 2.24) is 5.16 Å². The number of benzene rings is 2. The molecule has 0 saturated carbocycles. The van der Waals surface area contributed by atoms with Crippen LogP contribution in [0, 0.1) is 6.92 Å². The molecule has 0 spiro atoms. The van der Waals surface area contributed by atoms with Crippen LogP contribution in [0.1, 0.15) is 32.9 Å². The van der Waals surface area contributed by atoms with Crippen molar-refractivity contribution < 1.29 is 14.1 Å². The van der Waals surface area contributed by atoms with E-state index >= 15 is 0 Å². The molecular formula is C19H18N2O3. The van der Waals surface area contributed by atoms with Crippen LogP contribution >= 0.6 is 0 Å². The second kappa shape index (κ2) is 7.00. The van der Waals surface area contributed by atoms with E-state index in [1.807, 2.05) is 49.4 Å². The lowest BCUT2D eigenvalue weighted by Gasteiger charge is -2.08. The van der Waals surface area contributed by atoms with Crippen molar-refractivity contribution in [2.75, 3.05) is 0 Å². The predicted molar refractivity (Wildman–Crippen MR) is 89.8 cm³/mol. The molecule has 0 aliphatic rings. The van der Waals surface area contributed by atoms with E-state index in [2.05, 4.69) is 5.16 Å². The number of hydrogen-bond acceptors (Lipinski definition) is 4. The monoisotopic (exact) mass is 322 g/mol. The number of carbonyl (C=O) groups excluding carboxylic acids is 1. The van der Waals surface area contributed by atoms with E-state index in [0.717, 1.165) is 16.9 Å². The zero-order chi connectivity index (χ0) is 16.9. The van der Waals surface area contributed by atoms with E-state index in [-0.39, 0.29) is 6.61 Å². The Morgan fingerprint density at radius 2 is 1.96 bits per heavy atom. The minimum absolute atomic E-state index is 0.210. The summed E-state index contributed by atoms with van der Waals surface area (Å²) in [5, 5.41) is 4.01. The topological polar surface area (TPSA) is 78.4 Å². The lowest BCUT2D eigenvalue weighted by Crippen LogP contribution is -2.13. The first kappa shape index (κ1) is 15.8. The summed E-state index contributed by atoms with van der Waals surface area (Å²) in [6.07, 6.45) is 0.671. The second-order valence-corrected chi connectivity index (χ2v) is 5.60. The lowest BCUT2D eigenvalue weighted by atomic mass is 10.1. The van der Waals surface area contributed by atoms with Crippen LogP contribution in [0.4, 0.5) is 0 Å². The highest BCUT2D eigenvalue weighted by Gasteiger charge is 2.11. The van der Waals surface area contributed by atoms with Gasteiger partial charge >= 0.3 is 0 Å². The average molecular weight is 322 g/mol. The summed E-state index contributed by atoms with van der Waals surface area (Å²) in [6.45, 7) is 2.13. The molecule has 1 amide bonds. The molecule has 1 heterocycles. The van der Waals surface area contributed by atoms with Gasteiger partial charge in [-0.1, -0.05) is 41.6 Å². The van der Waals surface area contributed by atoms with Gasteiger partial charge in [0.25, 0.3) is 5.91 Å². The Morgan fingerprint density at radius 3 is 2.71 bits per heavy atom. The van der Waals surface area contributed by atoms with Gasteiger partial charge in [0, 0.05) is 12.5 Å². The number of amides is 1. The Hall–Kier alpha value is -3.08. The van der Waals surface area contributed by atoms with E-state index in [0.29, 0.717) is 23.4 Å². The smallest absolute Gasteiger partial charge is 0.252 e. The van der Waals surface area contributed by atoms with Gasteiger partial charge in [-0.25, -0.2) is 0 Å². The molecule has 1 aromatic heterocycles. The molecule has 0 aliphatic carbocycles. The third-order valence-corrected chi connectivity index (χ3v) is 3.61. The summed E-state index contributed by atoms with van der Waals surface area (Å²) in [7, 11) is 0. The van der Waals surface area contributed by atoms with Crippen LogP contribution in [0.2, 0.25) is 0 Å². The molecule has 0 aliphatic heterocycles. The molecule has 5 heteroatoms. The molecule has 3 rings (SSSR count). The predicted octanol–water partition coefficient (Wildman–Crippen LogP) is 3.25. The van der Waals surface area contributed by atoms with Gasteiger partial charge in [0.1, 0.15) is 23.8 Å². The van der Waals surface area contributed by atoms with E-state index in [9.17, 15) is 4.79 Å². The summed E-state index contributed by atoms with van der Waals surface area (Å²) < 4.78 is 11.0. The fourth-order valence-electron chi connectivity index (χ4n) is 2.41. The fraction of sp³-hybridized carbons (Fsp3) is 0.158. The third kappa shape index (κ3) is 3.81. The first-order valence-electron chi connectivity index (χ1n) is 7.63. The Balaban J connectivity index is 1.68. The highest BCUT2D eigenvalue weighted by molar-refractivity contribution is 5.95. The highest BCUT2D eigenvalue weighted by Crippen LogP contribution is 2.21. The molecule has 0 saturated heterocycles. The van der Waals surface area contributed by atoms with Gasteiger partial charge in [-0.3, -0.25) is 4.79 Å². The van der Waals surface area contributed by atoms with E-state index in [1.54, 1.807) is 12.1 Å². The van der Waals surface area contributed by atoms with Crippen LogP contribution in [-0.4, -0.2) is 11.1 Å². The fourth-order valence-corrected chi connectivity index (χ4v) is 2.41. The molecule has 3 aromatic rings. The Bertz CT molecular complexity index is 841. The van der Waals surface area contributed by atoms with Gasteiger partial charge < -0.3 is 15.0 Å². The van der Waals surface area contributed by atoms with Gasteiger partial charge in [-0.15, -0.1) is 0 Å². The normalized spacial score (nSPS) is 10.5. The first-order valence-corrected chi connectivity index (χ1v) is 7.63. The van der Waals surface area contributed by atoms with Crippen molar-refractivity contribution in [2.24, 2.45) is 5.73 Å². The van der Waals surface area contributed by atoms with Crippen LogP contribution in [0.25, 0.3) is 0 Å². The minimum Gasteiger partial charge on any atom is -0.486 e. The number of nitrogens with two attached hydrogens (primary N) is 1. The van der Waals surface area contributed by atoms with Crippen molar-refractivity contribution in [2.45, 2.75) is 20.0 Å². The van der Waals surface area contributed by atoms with Crippen LogP contribution in [0.15, 0.2) is 59.1 Å². The quantitative estimate of drug-likeness (QED) is 0.755. The molecule has 0 bridgehead atoms. The van der Waals surface area contributed by atoms with Crippen molar-refractivity contribution >= 4 is 5.91 Å². The first-order chi connectivity index (χ1) is 11.6. The molecule has 24 heavy (non-hydrogen) atoms. The summed E-state index contributed by atoms with van der Waals surface area (Å²) >= 11 is 0. The molecular weight excluding hydrogens is 304 g/mol. The summed E-state index contributed by atoms with van der Waals surface area (Å²) in [5.41, 5.74) is 8.53. The highest BCUT2D eigenvalue weighted by atomic mass is 16.5. The van der Waals surface area contributed by atoms with Gasteiger partial charge in [0.15, 0.2) is 0 Å². The Labute approximate surface area is 140 Å². The maximum absolute atomic E-state index is 11.5. The van der Waals surface area contributed by atoms with Crippen molar-refractivity contribution in [3.63, 3.8) is 0 Å². The number of hydrogen-bond donors (Lipinski definition) is 1. The molecule has 2 aromatic carbocycles. The summed E-state index contributed by atoms with van der Waals surface area (Å²) in [5.74, 6) is 0.698. The number of rotatable bonds is 6. The van der Waals surface area contributed by atoms with Gasteiger partial charge in [-0.2, -0.15) is 0 Å². The van der Waals surface area contributed by atoms with Gasteiger partial charge in [-0.05, 0) is 30.2 Å². The standard InChI is InChI=1S/C19H18N2O3/c1-13-7-8-17(19(20)22)18(9-13)23-12-15-11-16(24-21-15)10-14-5-3-2-4-6-14/h2-9,11H,10,12H2,1H3,(H2,20,22). The largest absolute Gasteiger partial charge is 0.486 e. The number of aryl methyl sites for hydroxylation is 1. The number of ether oxygens (including phenoxy) is 1. The zero-order valence-corrected chi connectivity index (χ0v) is 13.4. The van der Waals surface area contributed by atoms with E-state index in [1.165, 1.54) is 0 Å². The number of nitrogens with zero attached hydrogens (tertiary/aromatic N) is 1. The number of primary amides is 1. The molecule has 0 unspecified atom stereocenters. The van der Waals surface area contributed by atoms with Gasteiger partial charge in [0.05, 0.1) is 5.56 Å². The molecule has 0 fully saturated rings. The van der Waals surface area contributed by atoms with Crippen LogP contribution in [-0.2, 0) is 13.0 Å². The lowest BCUT2D eigenvalue weighted by molar-refractivity contribution is 0.0996. The van der Waals surface area contributed by atoms with Crippen molar-refractivity contribution in [3.05, 3.63) is 82.7 Å². The number of aromatic nitrogens is 1. The molecule has 2 N–H and O–H groups in total. The Morgan fingerprint density at radius 1 is 1.17 bits per heavy atom. The van der Waals surface area contributed by atoms with Crippen molar-refractivity contribution in [1.29, 1.82) is 0 Å². The molecule has 0 radical (unpaired) electrons. The summed E-state index contributed by atoms with van der Waals surface area (Å²) in [6, 6.07) is 17.1. The summed E-state index contributed by atoms with van der Waals surface area (Å²) in [4.78, 5) is 11.5. The van der Waals surface area contributed by atoms with Gasteiger partial charge in [0.2, 0.25) is 0 Å². The second-order valence-electron chi connectivity index (χ2n) is 5.60. The molecule has 5 nitrogen and oxygen atoms in total. The minimum atomic E-state index is -0.519. The Kier molecular flexibility index (Phi) is 4.61. The zero-order valence-electron chi connectivity index (χ0n) is 13.4. The van der Waals surface area contributed by atoms with E-state index < -0.39 is 5.91 Å². The van der Waals surface area contributed by atoms with Crippen LogP contribution in [0.5, 0.6) is 5.75 Å². The van der Waals surface area contributed by atoms with Crippen LogP contribution < -0.4 is 10.5 Å². The van der Waals surface area contributed by atoms with Crippen LogP contribution in [0.3, 0.4) is 0 Å². The average Bonchev–Trinajstić information content (AvgIpc) is 3.01. The maximum atomic E-state index is 11.5. The third-order valence-electron chi connectivity index (χ3n) is 3.61. The molecule has 0 atom stereocenters.